The second-order valence-corrected chi connectivity index (χ2v) is 5.88. The molecule has 2 fully saturated rings. The van der Waals surface area contributed by atoms with Gasteiger partial charge in [-0.15, -0.1) is 0 Å². The molecule has 0 radical (unpaired) electrons. The molecule has 104 valence electrons. The van der Waals surface area contributed by atoms with Gasteiger partial charge in [0, 0.05) is 23.7 Å². The molecule has 3 nitrogen and oxygen atoms in total. The van der Waals surface area contributed by atoms with Gasteiger partial charge in [0.15, 0.2) is 0 Å². The summed E-state index contributed by atoms with van der Waals surface area (Å²) in [7, 11) is 0. The molecule has 2 saturated heterocycles. The molecule has 1 aromatic carbocycles. The summed E-state index contributed by atoms with van der Waals surface area (Å²) in [5.41, 5.74) is 6.56. The fraction of sp³-hybridized carbons (Fsp3) is 0.625. The molecule has 3 heteroatoms. The average molecular weight is 260 g/mol. The van der Waals surface area contributed by atoms with Crippen molar-refractivity contribution in [3.63, 3.8) is 0 Å². The summed E-state index contributed by atoms with van der Waals surface area (Å²) in [5, 5.41) is 0. The molecule has 0 bridgehead atoms. The van der Waals surface area contributed by atoms with Crippen LogP contribution >= 0.6 is 0 Å². The molecule has 0 aliphatic carbocycles. The zero-order valence-electron chi connectivity index (χ0n) is 11.6. The number of nitrogen functional groups attached to an aromatic ring is 1. The van der Waals surface area contributed by atoms with E-state index in [0.29, 0.717) is 5.92 Å². The van der Waals surface area contributed by atoms with E-state index in [9.17, 15) is 0 Å². The van der Waals surface area contributed by atoms with Gasteiger partial charge in [0.1, 0.15) is 5.75 Å². The molecule has 2 N–H and O–H groups in total. The van der Waals surface area contributed by atoms with E-state index in [1.54, 1.807) is 0 Å². The number of nitrogens with two attached hydrogens (primary N) is 1. The van der Waals surface area contributed by atoms with Crippen LogP contribution in [0.4, 0.5) is 5.69 Å². The minimum absolute atomic E-state index is 0.690. The van der Waals surface area contributed by atoms with Gasteiger partial charge in [0.25, 0.3) is 0 Å². The first kappa shape index (κ1) is 12.8. The summed E-state index contributed by atoms with van der Waals surface area (Å²) in [6.07, 6.45) is 6.74. The highest BCUT2D eigenvalue weighted by Gasteiger charge is 2.33. The van der Waals surface area contributed by atoms with Crippen LogP contribution in [-0.4, -0.2) is 30.6 Å². The first-order valence-electron chi connectivity index (χ1n) is 7.55. The van der Waals surface area contributed by atoms with Crippen LogP contribution in [0.1, 0.15) is 32.1 Å². The number of nitrogens with zero attached hydrogens (tertiary/aromatic N) is 1. The number of ether oxygens (including phenoxy) is 1. The highest BCUT2D eigenvalue weighted by molar-refractivity contribution is 5.43. The predicted octanol–water partition coefficient (Wildman–Crippen LogP) is 2.91. The van der Waals surface area contributed by atoms with Gasteiger partial charge in [-0.2, -0.15) is 0 Å². The number of anilines is 1. The van der Waals surface area contributed by atoms with Crippen LogP contribution in [0.25, 0.3) is 0 Å². The smallest absolute Gasteiger partial charge is 0.121 e. The molecule has 2 atom stereocenters. The van der Waals surface area contributed by atoms with Crippen molar-refractivity contribution in [3.8, 4) is 5.75 Å². The van der Waals surface area contributed by atoms with Gasteiger partial charge < -0.3 is 10.5 Å². The molecule has 2 aliphatic heterocycles. The SMILES string of the molecule is Nc1cccc(OCC2CCCN3CCCCC23)c1. The third-order valence-corrected chi connectivity index (χ3v) is 4.55. The van der Waals surface area contributed by atoms with Crippen molar-refractivity contribution in [1.29, 1.82) is 0 Å². The molecular formula is C16H24N2O. The number of piperidine rings is 2. The summed E-state index contributed by atoms with van der Waals surface area (Å²) in [5.74, 6) is 1.60. The van der Waals surface area contributed by atoms with Crippen molar-refractivity contribution in [2.45, 2.75) is 38.1 Å². The highest BCUT2D eigenvalue weighted by Crippen LogP contribution is 2.31. The largest absolute Gasteiger partial charge is 0.493 e. The number of fused-ring (bicyclic) bond motifs is 1. The Bertz CT molecular complexity index is 419. The third kappa shape index (κ3) is 3.03. The Labute approximate surface area is 115 Å². The van der Waals surface area contributed by atoms with E-state index in [2.05, 4.69) is 4.90 Å². The minimum Gasteiger partial charge on any atom is -0.493 e. The van der Waals surface area contributed by atoms with E-state index < -0.39 is 0 Å². The molecular weight excluding hydrogens is 236 g/mol. The molecule has 0 amide bonds. The summed E-state index contributed by atoms with van der Waals surface area (Å²) in [6, 6.07) is 8.53. The number of benzene rings is 1. The maximum absolute atomic E-state index is 5.97. The molecule has 3 rings (SSSR count). The second kappa shape index (κ2) is 5.83. The van der Waals surface area contributed by atoms with Crippen LogP contribution < -0.4 is 10.5 Å². The maximum atomic E-state index is 5.97. The van der Waals surface area contributed by atoms with Gasteiger partial charge in [-0.3, -0.25) is 4.90 Å². The van der Waals surface area contributed by atoms with Crippen molar-refractivity contribution >= 4 is 5.69 Å². The van der Waals surface area contributed by atoms with E-state index in [4.69, 9.17) is 10.5 Å². The first-order valence-corrected chi connectivity index (χ1v) is 7.55. The minimum atomic E-state index is 0.690. The van der Waals surface area contributed by atoms with E-state index in [-0.39, 0.29) is 0 Å². The second-order valence-electron chi connectivity index (χ2n) is 5.88. The Hall–Kier alpha value is -1.22. The van der Waals surface area contributed by atoms with Crippen molar-refractivity contribution in [3.05, 3.63) is 24.3 Å². The summed E-state index contributed by atoms with van der Waals surface area (Å²) < 4.78 is 5.97. The first-order chi connectivity index (χ1) is 9.33. The van der Waals surface area contributed by atoms with Crippen molar-refractivity contribution in [1.82, 2.24) is 4.90 Å². The summed E-state index contributed by atoms with van der Waals surface area (Å²) in [6.45, 7) is 3.42. The fourth-order valence-electron chi connectivity index (χ4n) is 3.58. The predicted molar refractivity (Wildman–Crippen MR) is 78.3 cm³/mol. The van der Waals surface area contributed by atoms with Gasteiger partial charge in [-0.05, 0) is 50.9 Å². The lowest BCUT2D eigenvalue weighted by Crippen LogP contribution is -2.49. The van der Waals surface area contributed by atoms with Gasteiger partial charge in [0.2, 0.25) is 0 Å². The Balaban J connectivity index is 1.59. The third-order valence-electron chi connectivity index (χ3n) is 4.55. The summed E-state index contributed by atoms with van der Waals surface area (Å²) in [4.78, 5) is 2.68. The zero-order valence-corrected chi connectivity index (χ0v) is 11.6. The standard InChI is InChI=1S/C16H24N2O/c17-14-6-3-7-15(11-14)19-12-13-5-4-10-18-9-2-1-8-16(13)18/h3,6-7,11,13,16H,1-2,4-5,8-10,12,17H2. The molecule has 0 saturated carbocycles. The quantitative estimate of drug-likeness (QED) is 0.849. The number of hydrogen-bond donors (Lipinski definition) is 1. The fourth-order valence-corrected chi connectivity index (χ4v) is 3.58. The molecule has 1 aromatic rings. The van der Waals surface area contributed by atoms with Crippen LogP contribution in [0.15, 0.2) is 24.3 Å². The summed E-state index contributed by atoms with van der Waals surface area (Å²) >= 11 is 0. The highest BCUT2D eigenvalue weighted by atomic mass is 16.5. The van der Waals surface area contributed by atoms with Gasteiger partial charge in [0.05, 0.1) is 6.61 Å². The maximum Gasteiger partial charge on any atom is 0.121 e. The van der Waals surface area contributed by atoms with Crippen LogP contribution in [0.2, 0.25) is 0 Å². The van der Waals surface area contributed by atoms with E-state index in [1.165, 1.54) is 45.2 Å². The van der Waals surface area contributed by atoms with Gasteiger partial charge in [-0.1, -0.05) is 12.5 Å². The average Bonchev–Trinajstić information content (AvgIpc) is 2.45. The lowest BCUT2D eigenvalue weighted by atomic mass is 9.84. The Morgan fingerprint density at radius 1 is 1.16 bits per heavy atom. The Morgan fingerprint density at radius 3 is 2.95 bits per heavy atom. The normalized spacial score (nSPS) is 27.8. The topological polar surface area (TPSA) is 38.5 Å². The Morgan fingerprint density at radius 2 is 2.05 bits per heavy atom. The van der Waals surface area contributed by atoms with Gasteiger partial charge >= 0.3 is 0 Å². The van der Waals surface area contributed by atoms with E-state index in [0.717, 1.165) is 24.1 Å². The molecule has 0 aromatic heterocycles. The molecule has 19 heavy (non-hydrogen) atoms. The molecule has 0 spiro atoms. The Kier molecular flexibility index (Phi) is 3.92. The molecule has 2 heterocycles. The molecule has 2 unspecified atom stereocenters. The van der Waals surface area contributed by atoms with Crippen LogP contribution in [0.3, 0.4) is 0 Å². The van der Waals surface area contributed by atoms with Crippen LogP contribution in [-0.2, 0) is 0 Å². The van der Waals surface area contributed by atoms with Crippen molar-refractivity contribution in [2.75, 3.05) is 25.4 Å². The van der Waals surface area contributed by atoms with Crippen molar-refractivity contribution in [2.24, 2.45) is 5.92 Å². The lowest BCUT2D eigenvalue weighted by Gasteiger charge is -2.44. The monoisotopic (exact) mass is 260 g/mol. The number of hydrogen-bond acceptors (Lipinski definition) is 3. The van der Waals surface area contributed by atoms with Crippen LogP contribution in [0, 0.1) is 5.92 Å². The van der Waals surface area contributed by atoms with E-state index in [1.807, 2.05) is 24.3 Å². The zero-order chi connectivity index (χ0) is 13.1. The number of rotatable bonds is 3. The van der Waals surface area contributed by atoms with Crippen molar-refractivity contribution < 1.29 is 4.74 Å². The van der Waals surface area contributed by atoms with Crippen LogP contribution in [0.5, 0.6) is 5.75 Å². The van der Waals surface area contributed by atoms with Gasteiger partial charge in [-0.25, -0.2) is 0 Å². The van der Waals surface area contributed by atoms with E-state index >= 15 is 0 Å². The molecule has 2 aliphatic rings. The lowest BCUT2D eigenvalue weighted by molar-refractivity contribution is 0.0366.